The van der Waals surface area contributed by atoms with E-state index in [2.05, 4.69) is 46.2 Å². The third kappa shape index (κ3) is 3.24. The molecule has 0 aromatic carbocycles. The van der Waals surface area contributed by atoms with Crippen LogP contribution in [-0.4, -0.2) is 10.3 Å². The first-order valence-corrected chi connectivity index (χ1v) is 6.32. The molecule has 0 unspecified atom stereocenters. The molecule has 0 N–H and O–H groups in total. The van der Waals surface area contributed by atoms with E-state index in [-0.39, 0.29) is 0 Å². The summed E-state index contributed by atoms with van der Waals surface area (Å²) in [7, 11) is 0. The van der Waals surface area contributed by atoms with Crippen molar-refractivity contribution >= 4 is 33.3 Å². The molecule has 0 atom stereocenters. The molecule has 0 aliphatic carbocycles. The molecule has 1 aromatic heterocycles. The van der Waals surface area contributed by atoms with Gasteiger partial charge in [-0.2, -0.15) is 0 Å². The maximum absolute atomic E-state index is 4.40. The summed E-state index contributed by atoms with van der Waals surface area (Å²) in [6.07, 6.45) is 2.17. The first kappa shape index (κ1) is 10.9. The summed E-state index contributed by atoms with van der Waals surface area (Å²) in [4.78, 5) is 4.40. The molecule has 0 radical (unpaired) electrons. The van der Waals surface area contributed by atoms with E-state index >= 15 is 0 Å². The van der Waals surface area contributed by atoms with Gasteiger partial charge >= 0.3 is 0 Å². The van der Waals surface area contributed by atoms with Gasteiger partial charge in [-0.15, -0.1) is 11.3 Å². The Kier molecular flexibility index (Phi) is 4.13. The van der Waals surface area contributed by atoms with Crippen molar-refractivity contribution in [1.29, 1.82) is 0 Å². The van der Waals surface area contributed by atoms with Gasteiger partial charge in [0, 0.05) is 10.7 Å². The lowest BCUT2D eigenvalue weighted by Crippen LogP contribution is -1.94. The average Bonchev–Trinajstić information content (AvgIpc) is 2.46. The third-order valence-electron chi connectivity index (χ3n) is 1.87. The van der Waals surface area contributed by atoms with Gasteiger partial charge in [0.1, 0.15) is 0 Å². The number of aryl methyl sites for hydroxylation is 1. The van der Waals surface area contributed by atoms with Crippen LogP contribution in [-0.2, 0) is 0 Å². The number of alkyl halides is 1. The van der Waals surface area contributed by atoms with Crippen molar-refractivity contribution in [3.8, 4) is 0 Å². The van der Waals surface area contributed by atoms with Crippen LogP contribution in [0.5, 0.6) is 0 Å². The normalized spacial score (nSPS) is 12.5. The zero-order valence-electron chi connectivity index (χ0n) is 8.17. The van der Waals surface area contributed by atoms with E-state index in [4.69, 9.17) is 0 Å². The number of thiazole rings is 1. The molecule has 0 saturated heterocycles. The number of hydrogen-bond acceptors (Lipinski definition) is 2. The Morgan fingerprint density at radius 1 is 1.69 bits per heavy atom. The summed E-state index contributed by atoms with van der Waals surface area (Å²) in [6, 6.07) is 0. The molecule has 1 aromatic rings. The van der Waals surface area contributed by atoms with Gasteiger partial charge in [-0.1, -0.05) is 35.4 Å². The average molecular weight is 260 g/mol. The molecule has 0 bridgehead atoms. The fourth-order valence-corrected chi connectivity index (χ4v) is 2.38. The highest BCUT2D eigenvalue weighted by atomic mass is 79.9. The van der Waals surface area contributed by atoms with E-state index in [1.807, 2.05) is 6.92 Å². The van der Waals surface area contributed by atoms with Crippen molar-refractivity contribution in [1.82, 2.24) is 4.98 Å². The van der Waals surface area contributed by atoms with Crippen molar-refractivity contribution in [3.63, 3.8) is 0 Å². The first-order valence-electron chi connectivity index (χ1n) is 4.32. The quantitative estimate of drug-likeness (QED) is 0.751. The fourth-order valence-electron chi connectivity index (χ4n) is 0.996. The lowest BCUT2D eigenvalue weighted by atomic mass is 10.0. The lowest BCUT2D eigenvalue weighted by molar-refractivity contribution is 0.780. The van der Waals surface area contributed by atoms with Crippen LogP contribution in [0.4, 0.5) is 0 Å². The molecule has 0 fully saturated rings. The molecule has 0 aliphatic heterocycles. The van der Waals surface area contributed by atoms with E-state index in [0.717, 1.165) is 16.0 Å². The second-order valence-corrected chi connectivity index (χ2v) is 4.92. The Labute approximate surface area is 92.0 Å². The van der Waals surface area contributed by atoms with Gasteiger partial charge < -0.3 is 0 Å². The molecule has 0 amide bonds. The van der Waals surface area contributed by atoms with Crippen LogP contribution in [0.25, 0.3) is 6.08 Å². The maximum Gasteiger partial charge on any atom is 0.0901 e. The molecule has 1 nitrogen and oxygen atoms in total. The monoisotopic (exact) mass is 259 g/mol. The summed E-state index contributed by atoms with van der Waals surface area (Å²) in [5, 5.41) is 4.16. The summed E-state index contributed by atoms with van der Waals surface area (Å²) in [5.74, 6) is 0.585. The van der Waals surface area contributed by atoms with Crippen LogP contribution in [0, 0.1) is 12.8 Å². The van der Waals surface area contributed by atoms with Crippen molar-refractivity contribution in [2.24, 2.45) is 5.92 Å². The number of rotatable bonds is 3. The molecular weight excluding hydrogens is 246 g/mol. The minimum atomic E-state index is 0.585. The van der Waals surface area contributed by atoms with Crippen molar-refractivity contribution in [2.75, 3.05) is 5.33 Å². The minimum absolute atomic E-state index is 0.585. The van der Waals surface area contributed by atoms with E-state index in [1.165, 1.54) is 5.57 Å². The van der Waals surface area contributed by atoms with Crippen molar-refractivity contribution < 1.29 is 0 Å². The standard InChI is InChI=1S/C10H14BrNS/c1-7(2)9(5-11)4-10-6-13-8(3)12-10/h4,6-7H,5H2,1-3H3. The Hall–Kier alpha value is -0.150. The molecule has 1 rings (SSSR count). The van der Waals surface area contributed by atoms with Crippen LogP contribution < -0.4 is 0 Å². The maximum atomic E-state index is 4.40. The third-order valence-corrected chi connectivity index (χ3v) is 3.31. The van der Waals surface area contributed by atoms with Crippen LogP contribution in [0.2, 0.25) is 0 Å². The van der Waals surface area contributed by atoms with Crippen LogP contribution in [0.1, 0.15) is 24.5 Å². The summed E-state index contributed by atoms with van der Waals surface area (Å²) >= 11 is 5.19. The topological polar surface area (TPSA) is 12.9 Å². The number of allylic oxidation sites excluding steroid dienone is 1. The number of aromatic nitrogens is 1. The van der Waals surface area contributed by atoms with Gasteiger partial charge in [-0.25, -0.2) is 4.98 Å². The Balaban J connectivity index is 2.84. The molecule has 0 aliphatic rings. The highest BCUT2D eigenvalue weighted by molar-refractivity contribution is 9.09. The second-order valence-electron chi connectivity index (χ2n) is 3.30. The van der Waals surface area contributed by atoms with E-state index in [9.17, 15) is 0 Å². The van der Waals surface area contributed by atoms with Crippen molar-refractivity contribution in [2.45, 2.75) is 20.8 Å². The van der Waals surface area contributed by atoms with Crippen LogP contribution in [0.15, 0.2) is 11.0 Å². The fraction of sp³-hybridized carbons (Fsp3) is 0.500. The van der Waals surface area contributed by atoms with Gasteiger partial charge in [0.2, 0.25) is 0 Å². The zero-order chi connectivity index (χ0) is 9.84. The molecule has 0 saturated carbocycles. The molecule has 13 heavy (non-hydrogen) atoms. The smallest absolute Gasteiger partial charge is 0.0901 e. The van der Waals surface area contributed by atoms with E-state index in [1.54, 1.807) is 11.3 Å². The molecule has 3 heteroatoms. The Bertz CT molecular complexity index is 302. The van der Waals surface area contributed by atoms with Crippen LogP contribution in [0.3, 0.4) is 0 Å². The summed E-state index contributed by atoms with van der Waals surface area (Å²) < 4.78 is 0. The Morgan fingerprint density at radius 3 is 2.77 bits per heavy atom. The second kappa shape index (κ2) is 4.91. The predicted molar refractivity (Wildman–Crippen MR) is 63.5 cm³/mol. The largest absolute Gasteiger partial charge is 0.242 e. The molecule has 72 valence electrons. The summed E-state index contributed by atoms with van der Waals surface area (Å²) in [5.41, 5.74) is 2.48. The molecular formula is C10H14BrNS. The predicted octanol–water partition coefficient (Wildman–Crippen LogP) is 3.89. The highest BCUT2D eigenvalue weighted by Crippen LogP contribution is 2.18. The SMILES string of the molecule is Cc1nc(C=C(CBr)C(C)C)cs1. The molecule has 0 spiro atoms. The first-order chi connectivity index (χ1) is 6.13. The van der Waals surface area contributed by atoms with Crippen molar-refractivity contribution in [3.05, 3.63) is 21.7 Å². The Morgan fingerprint density at radius 2 is 2.38 bits per heavy atom. The number of nitrogens with zero attached hydrogens (tertiary/aromatic N) is 1. The minimum Gasteiger partial charge on any atom is -0.242 e. The lowest BCUT2D eigenvalue weighted by Gasteiger charge is -2.05. The molecule has 1 heterocycles. The number of halogens is 1. The summed E-state index contributed by atoms with van der Waals surface area (Å²) in [6.45, 7) is 6.43. The van der Waals surface area contributed by atoms with E-state index in [0.29, 0.717) is 5.92 Å². The van der Waals surface area contributed by atoms with Gasteiger partial charge in [-0.05, 0) is 18.9 Å². The van der Waals surface area contributed by atoms with Gasteiger partial charge in [0.25, 0.3) is 0 Å². The van der Waals surface area contributed by atoms with Gasteiger partial charge in [-0.3, -0.25) is 0 Å². The zero-order valence-corrected chi connectivity index (χ0v) is 10.6. The van der Waals surface area contributed by atoms with Gasteiger partial charge in [0.05, 0.1) is 10.7 Å². The van der Waals surface area contributed by atoms with Crippen LogP contribution >= 0.6 is 27.3 Å². The van der Waals surface area contributed by atoms with Gasteiger partial charge in [0.15, 0.2) is 0 Å². The highest BCUT2D eigenvalue weighted by Gasteiger charge is 2.02. The van der Waals surface area contributed by atoms with E-state index < -0.39 is 0 Å². The number of hydrogen-bond donors (Lipinski definition) is 0.